The Morgan fingerprint density at radius 1 is 1.54 bits per heavy atom. The SMILES string of the molecule is CC(C)C1(C)CN(C)CC/C1=C\F. The van der Waals surface area contributed by atoms with Crippen LogP contribution in [0.1, 0.15) is 27.2 Å². The summed E-state index contributed by atoms with van der Waals surface area (Å²) < 4.78 is 12.7. The molecule has 0 amide bonds. The molecular weight excluding hydrogens is 165 g/mol. The third-order valence-corrected chi connectivity index (χ3v) is 3.50. The van der Waals surface area contributed by atoms with Gasteiger partial charge in [-0.25, -0.2) is 4.39 Å². The van der Waals surface area contributed by atoms with Gasteiger partial charge in [0.2, 0.25) is 0 Å². The van der Waals surface area contributed by atoms with Crippen molar-refractivity contribution in [3.63, 3.8) is 0 Å². The molecular formula is C11H20FN. The summed E-state index contributed by atoms with van der Waals surface area (Å²) in [6, 6.07) is 0. The van der Waals surface area contributed by atoms with Gasteiger partial charge in [-0.3, -0.25) is 0 Å². The van der Waals surface area contributed by atoms with Gasteiger partial charge in [0, 0.05) is 18.5 Å². The minimum Gasteiger partial charge on any atom is -0.305 e. The Hall–Kier alpha value is -0.370. The van der Waals surface area contributed by atoms with E-state index in [1.54, 1.807) is 0 Å². The zero-order valence-corrected chi connectivity index (χ0v) is 9.10. The standard InChI is InChI=1S/C11H20FN/c1-9(2)11(3)8-13(4)6-5-10(11)7-12/h7,9H,5-6,8H2,1-4H3/b10-7+. The van der Waals surface area contributed by atoms with Gasteiger partial charge >= 0.3 is 0 Å². The van der Waals surface area contributed by atoms with Gasteiger partial charge in [0.25, 0.3) is 0 Å². The van der Waals surface area contributed by atoms with E-state index in [1.807, 2.05) is 0 Å². The van der Waals surface area contributed by atoms with Crippen molar-refractivity contribution < 1.29 is 4.39 Å². The fourth-order valence-corrected chi connectivity index (χ4v) is 2.07. The van der Waals surface area contributed by atoms with E-state index in [0.29, 0.717) is 5.92 Å². The van der Waals surface area contributed by atoms with E-state index in [9.17, 15) is 4.39 Å². The van der Waals surface area contributed by atoms with Gasteiger partial charge in [0.15, 0.2) is 0 Å². The van der Waals surface area contributed by atoms with E-state index >= 15 is 0 Å². The molecule has 0 bridgehead atoms. The van der Waals surface area contributed by atoms with Crippen molar-refractivity contribution in [2.75, 3.05) is 20.1 Å². The van der Waals surface area contributed by atoms with Crippen LogP contribution in [0.3, 0.4) is 0 Å². The van der Waals surface area contributed by atoms with Crippen LogP contribution in [0.25, 0.3) is 0 Å². The van der Waals surface area contributed by atoms with E-state index in [-0.39, 0.29) is 5.41 Å². The first-order valence-electron chi connectivity index (χ1n) is 4.99. The number of halogens is 1. The van der Waals surface area contributed by atoms with Crippen LogP contribution in [0.15, 0.2) is 11.9 Å². The van der Waals surface area contributed by atoms with Gasteiger partial charge in [-0.2, -0.15) is 0 Å². The largest absolute Gasteiger partial charge is 0.305 e. The zero-order chi connectivity index (χ0) is 10.1. The zero-order valence-electron chi connectivity index (χ0n) is 9.10. The van der Waals surface area contributed by atoms with Gasteiger partial charge in [0.05, 0.1) is 6.33 Å². The molecule has 2 heteroatoms. The van der Waals surface area contributed by atoms with Crippen molar-refractivity contribution in [2.45, 2.75) is 27.2 Å². The Kier molecular flexibility index (Phi) is 3.12. The molecule has 0 radical (unpaired) electrons. The van der Waals surface area contributed by atoms with Crippen LogP contribution in [-0.2, 0) is 0 Å². The molecule has 1 aliphatic rings. The monoisotopic (exact) mass is 185 g/mol. The fraction of sp³-hybridized carbons (Fsp3) is 0.818. The van der Waals surface area contributed by atoms with E-state index in [0.717, 1.165) is 31.4 Å². The molecule has 1 fully saturated rings. The van der Waals surface area contributed by atoms with E-state index in [4.69, 9.17) is 0 Å². The Morgan fingerprint density at radius 3 is 2.62 bits per heavy atom. The number of piperidine rings is 1. The van der Waals surface area contributed by atoms with Crippen molar-refractivity contribution in [2.24, 2.45) is 11.3 Å². The number of nitrogens with zero attached hydrogens (tertiary/aromatic N) is 1. The molecule has 0 spiro atoms. The lowest BCUT2D eigenvalue weighted by Gasteiger charge is -2.43. The second-order valence-corrected chi connectivity index (χ2v) is 4.69. The summed E-state index contributed by atoms with van der Waals surface area (Å²) in [6.07, 6.45) is 1.70. The number of rotatable bonds is 1. The Balaban J connectivity index is 2.88. The van der Waals surface area contributed by atoms with Gasteiger partial charge in [-0.05, 0) is 25.0 Å². The molecule has 76 valence electrons. The maximum Gasteiger partial charge on any atom is 0.0865 e. The highest BCUT2D eigenvalue weighted by atomic mass is 19.1. The average Bonchev–Trinajstić information content (AvgIpc) is 2.04. The molecule has 1 unspecified atom stereocenters. The number of likely N-dealkylation sites (tertiary alicyclic amines) is 1. The molecule has 0 aliphatic carbocycles. The average molecular weight is 185 g/mol. The summed E-state index contributed by atoms with van der Waals surface area (Å²) in [5.41, 5.74) is 1.02. The van der Waals surface area contributed by atoms with Crippen LogP contribution in [-0.4, -0.2) is 25.0 Å². The molecule has 13 heavy (non-hydrogen) atoms. The first kappa shape index (κ1) is 10.7. The summed E-state index contributed by atoms with van der Waals surface area (Å²) in [5.74, 6) is 0.497. The Morgan fingerprint density at radius 2 is 2.15 bits per heavy atom. The van der Waals surface area contributed by atoms with Crippen molar-refractivity contribution in [3.8, 4) is 0 Å². The molecule has 1 aliphatic heterocycles. The van der Waals surface area contributed by atoms with Crippen LogP contribution >= 0.6 is 0 Å². The quantitative estimate of drug-likeness (QED) is 0.607. The van der Waals surface area contributed by atoms with Crippen LogP contribution < -0.4 is 0 Å². The third kappa shape index (κ3) is 1.93. The second kappa shape index (κ2) is 3.79. The normalized spacial score (nSPS) is 34.5. The van der Waals surface area contributed by atoms with Gasteiger partial charge in [-0.15, -0.1) is 0 Å². The predicted molar refractivity (Wildman–Crippen MR) is 54.3 cm³/mol. The van der Waals surface area contributed by atoms with Crippen molar-refractivity contribution >= 4 is 0 Å². The Labute approximate surface area is 80.6 Å². The number of hydrogen-bond acceptors (Lipinski definition) is 1. The molecule has 0 aromatic heterocycles. The highest BCUT2D eigenvalue weighted by molar-refractivity contribution is 5.16. The van der Waals surface area contributed by atoms with E-state index in [2.05, 4.69) is 32.7 Å². The number of hydrogen-bond donors (Lipinski definition) is 0. The molecule has 1 rings (SSSR count). The molecule has 0 saturated carbocycles. The minimum atomic E-state index is 0.0295. The van der Waals surface area contributed by atoms with Crippen LogP contribution in [0.2, 0.25) is 0 Å². The lowest BCUT2D eigenvalue weighted by atomic mass is 9.70. The smallest absolute Gasteiger partial charge is 0.0865 e. The highest BCUT2D eigenvalue weighted by Gasteiger charge is 2.36. The summed E-state index contributed by atoms with van der Waals surface area (Å²) in [5, 5.41) is 0. The molecule has 0 N–H and O–H groups in total. The predicted octanol–water partition coefficient (Wildman–Crippen LogP) is 2.84. The van der Waals surface area contributed by atoms with Crippen molar-refractivity contribution in [3.05, 3.63) is 11.9 Å². The summed E-state index contributed by atoms with van der Waals surface area (Å²) in [4.78, 5) is 2.28. The molecule has 1 nitrogen and oxygen atoms in total. The van der Waals surface area contributed by atoms with Crippen molar-refractivity contribution in [1.29, 1.82) is 0 Å². The highest BCUT2D eigenvalue weighted by Crippen LogP contribution is 2.40. The molecule has 1 heterocycles. The second-order valence-electron chi connectivity index (χ2n) is 4.69. The maximum absolute atomic E-state index is 12.7. The first-order chi connectivity index (χ1) is 6.00. The van der Waals surface area contributed by atoms with Gasteiger partial charge < -0.3 is 4.90 Å². The van der Waals surface area contributed by atoms with Crippen LogP contribution in [0.5, 0.6) is 0 Å². The fourth-order valence-electron chi connectivity index (χ4n) is 2.07. The minimum absolute atomic E-state index is 0.0295. The van der Waals surface area contributed by atoms with E-state index in [1.165, 1.54) is 0 Å². The maximum atomic E-state index is 12.7. The molecule has 1 saturated heterocycles. The molecule has 0 aromatic carbocycles. The van der Waals surface area contributed by atoms with Gasteiger partial charge in [0.1, 0.15) is 0 Å². The Bertz CT molecular complexity index is 210. The first-order valence-corrected chi connectivity index (χ1v) is 4.99. The van der Waals surface area contributed by atoms with Crippen LogP contribution in [0, 0.1) is 11.3 Å². The van der Waals surface area contributed by atoms with Crippen LogP contribution in [0.4, 0.5) is 4.39 Å². The summed E-state index contributed by atoms with van der Waals surface area (Å²) in [7, 11) is 2.11. The topological polar surface area (TPSA) is 3.24 Å². The third-order valence-electron chi connectivity index (χ3n) is 3.50. The molecule has 1 atom stereocenters. The summed E-state index contributed by atoms with van der Waals surface area (Å²) >= 11 is 0. The molecule has 0 aromatic rings. The van der Waals surface area contributed by atoms with Gasteiger partial charge in [-0.1, -0.05) is 20.8 Å². The lowest BCUT2D eigenvalue weighted by Crippen LogP contribution is -2.44. The van der Waals surface area contributed by atoms with Crippen molar-refractivity contribution in [1.82, 2.24) is 4.90 Å². The summed E-state index contributed by atoms with van der Waals surface area (Å²) in [6.45, 7) is 8.46. The van der Waals surface area contributed by atoms with E-state index < -0.39 is 0 Å². The lowest BCUT2D eigenvalue weighted by molar-refractivity contribution is 0.134.